The first-order valence-corrected chi connectivity index (χ1v) is 11.6. The van der Waals surface area contributed by atoms with E-state index in [1.165, 1.54) is 16.5 Å². The number of imidazole rings is 1. The number of likely N-dealkylation sites (tertiary alicyclic amines) is 1. The van der Waals surface area contributed by atoms with E-state index in [4.69, 9.17) is 11.6 Å². The van der Waals surface area contributed by atoms with Crippen LogP contribution in [0.25, 0.3) is 21.9 Å². The zero-order valence-electron chi connectivity index (χ0n) is 18.4. The zero-order valence-corrected chi connectivity index (χ0v) is 19.2. The van der Waals surface area contributed by atoms with Crippen LogP contribution in [0.2, 0.25) is 5.02 Å². The third-order valence-electron chi connectivity index (χ3n) is 6.51. The minimum atomic E-state index is -0.149. The van der Waals surface area contributed by atoms with E-state index >= 15 is 0 Å². The van der Waals surface area contributed by atoms with Gasteiger partial charge in [0.25, 0.3) is 0 Å². The smallest absolute Gasteiger partial charge is 0.223 e. The van der Waals surface area contributed by atoms with Crippen LogP contribution < -0.4 is 5.32 Å². The summed E-state index contributed by atoms with van der Waals surface area (Å²) in [5.41, 5.74) is 5.48. The Morgan fingerprint density at radius 3 is 2.84 bits per heavy atom. The van der Waals surface area contributed by atoms with Crippen molar-refractivity contribution in [3.05, 3.63) is 64.6 Å². The average molecular weight is 450 g/mol. The van der Waals surface area contributed by atoms with E-state index in [2.05, 4.69) is 50.4 Å². The summed E-state index contributed by atoms with van der Waals surface area (Å²) >= 11 is 6.18. The Bertz CT molecular complexity index is 1270. The third kappa shape index (κ3) is 4.25. The van der Waals surface area contributed by atoms with E-state index in [0.29, 0.717) is 0 Å². The maximum Gasteiger partial charge on any atom is 0.223 e. The Kier molecular flexibility index (Phi) is 5.66. The highest BCUT2D eigenvalue weighted by Crippen LogP contribution is 2.26. The molecule has 0 saturated carbocycles. The summed E-state index contributed by atoms with van der Waals surface area (Å²) in [6.07, 6.45) is 3.79. The molecule has 1 aliphatic rings. The summed E-state index contributed by atoms with van der Waals surface area (Å²) in [4.78, 5) is 26.6. The number of rotatable bonds is 5. The van der Waals surface area contributed by atoms with Crippen molar-refractivity contribution < 1.29 is 4.79 Å². The number of fused-ring (bicyclic) bond motifs is 2. The number of carbonyl (C=O) groups excluding carboxylic acids is 1. The van der Waals surface area contributed by atoms with Crippen LogP contribution in [0, 0.1) is 12.8 Å². The lowest BCUT2D eigenvalue weighted by atomic mass is 9.95. The number of aryl methyl sites for hydroxylation is 1. The number of carbonyl (C=O) groups is 1. The molecule has 1 saturated heterocycles. The quantitative estimate of drug-likeness (QED) is 0.397. The van der Waals surface area contributed by atoms with Gasteiger partial charge in [0.1, 0.15) is 5.82 Å². The second-order valence-corrected chi connectivity index (χ2v) is 9.36. The molecule has 2 aromatic heterocycles. The Hall–Kier alpha value is -2.83. The molecule has 2 aromatic carbocycles. The number of hydrogen-bond donors (Lipinski definition) is 3. The van der Waals surface area contributed by atoms with Gasteiger partial charge in [0.15, 0.2) is 0 Å². The van der Waals surface area contributed by atoms with Gasteiger partial charge in [-0.3, -0.25) is 9.69 Å². The lowest BCUT2D eigenvalue weighted by Crippen LogP contribution is -2.41. The molecule has 1 amide bonds. The van der Waals surface area contributed by atoms with Crippen molar-refractivity contribution in [3.63, 3.8) is 0 Å². The SMILES string of the molecule is Cc1ccc2nc(C(C)NC(=O)C3CCN(Cc4c[nH]c5ccc(Cl)cc45)CC3)[nH]c2c1. The molecule has 32 heavy (non-hydrogen) atoms. The maximum absolute atomic E-state index is 12.9. The van der Waals surface area contributed by atoms with Gasteiger partial charge in [-0.25, -0.2) is 4.98 Å². The molecular weight excluding hydrogens is 422 g/mol. The Labute approximate surface area is 192 Å². The van der Waals surface area contributed by atoms with Gasteiger partial charge in [-0.15, -0.1) is 0 Å². The van der Waals surface area contributed by atoms with Crippen molar-refractivity contribution in [2.45, 2.75) is 39.3 Å². The number of amides is 1. The highest BCUT2D eigenvalue weighted by atomic mass is 35.5. The molecular formula is C25H28ClN5O. The number of hydrogen-bond acceptors (Lipinski definition) is 3. The summed E-state index contributed by atoms with van der Waals surface area (Å²) in [5, 5.41) is 5.09. The molecule has 6 nitrogen and oxygen atoms in total. The van der Waals surface area contributed by atoms with E-state index in [9.17, 15) is 4.79 Å². The summed E-state index contributed by atoms with van der Waals surface area (Å²) in [5.74, 6) is 0.958. The first-order valence-electron chi connectivity index (χ1n) is 11.2. The molecule has 5 rings (SSSR count). The fourth-order valence-electron chi connectivity index (χ4n) is 4.62. The number of aromatic amines is 2. The van der Waals surface area contributed by atoms with E-state index in [1.54, 1.807) is 0 Å². The second-order valence-electron chi connectivity index (χ2n) is 8.93. The van der Waals surface area contributed by atoms with Gasteiger partial charge in [0.05, 0.1) is 17.1 Å². The molecule has 0 bridgehead atoms. The molecule has 4 aromatic rings. The molecule has 3 N–H and O–H groups in total. The molecule has 3 heterocycles. The molecule has 0 radical (unpaired) electrons. The maximum atomic E-state index is 12.9. The molecule has 1 fully saturated rings. The number of H-pyrrole nitrogens is 2. The Balaban J connectivity index is 1.17. The number of aromatic nitrogens is 3. The van der Waals surface area contributed by atoms with Crippen LogP contribution in [0.15, 0.2) is 42.6 Å². The third-order valence-corrected chi connectivity index (χ3v) is 6.74. The first kappa shape index (κ1) is 21.0. The van der Waals surface area contributed by atoms with Crippen LogP contribution in [-0.2, 0) is 11.3 Å². The van der Waals surface area contributed by atoms with E-state index < -0.39 is 0 Å². The van der Waals surface area contributed by atoms with Crippen molar-refractivity contribution in [2.24, 2.45) is 5.92 Å². The molecule has 0 aliphatic carbocycles. The normalized spacial score (nSPS) is 16.6. The lowest BCUT2D eigenvalue weighted by molar-refractivity contribution is -0.127. The van der Waals surface area contributed by atoms with Gasteiger partial charge in [0, 0.05) is 34.6 Å². The highest BCUT2D eigenvalue weighted by Gasteiger charge is 2.27. The zero-order chi connectivity index (χ0) is 22.2. The Morgan fingerprint density at radius 2 is 2.03 bits per heavy atom. The van der Waals surface area contributed by atoms with Gasteiger partial charge in [-0.1, -0.05) is 17.7 Å². The molecule has 1 atom stereocenters. The number of benzene rings is 2. The van der Waals surface area contributed by atoms with Gasteiger partial charge in [-0.05, 0) is 81.2 Å². The number of nitrogens with zero attached hydrogens (tertiary/aromatic N) is 2. The number of piperidine rings is 1. The van der Waals surface area contributed by atoms with Gasteiger partial charge < -0.3 is 15.3 Å². The molecule has 166 valence electrons. The molecule has 0 spiro atoms. The first-order chi connectivity index (χ1) is 15.5. The van der Waals surface area contributed by atoms with Crippen LogP contribution in [0.4, 0.5) is 0 Å². The Morgan fingerprint density at radius 1 is 1.22 bits per heavy atom. The van der Waals surface area contributed by atoms with Crippen molar-refractivity contribution in [1.29, 1.82) is 0 Å². The minimum absolute atomic E-state index is 0.0396. The lowest BCUT2D eigenvalue weighted by Gasteiger charge is -2.31. The largest absolute Gasteiger partial charge is 0.361 e. The van der Waals surface area contributed by atoms with Crippen LogP contribution in [0.5, 0.6) is 0 Å². The fraction of sp³-hybridized carbons (Fsp3) is 0.360. The average Bonchev–Trinajstić information content (AvgIpc) is 3.38. The van der Waals surface area contributed by atoms with Crippen molar-refractivity contribution in [3.8, 4) is 0 Å². The topological polar surface area (TPSA) is 76.8 Å². The van der Waals surface area contributed by atoms with Crippen LogP contribution in [-0.4, -0.2) is 38.8 Å². The van der Waals surface area contributed by atoms with Crippen molar-refractivity contribution >= 4 is 39.4 Å². The van der Waals surface area contributed by atoms with Gasteiger partial charge >= 0.3 is 0 Å². The molecule has 1 unspecified atom stereocenters. The van der Waals surface area contributed by atoms with E-state index in [0.717, 1.165) is 59.9 Å². The summed E-state index contributed by atoms with van der Waals surface area (Å²) in [6, 6.07) is 11.9. The standard InChI is InChI=1S/C25H28ClN5O/c1-15-3-5-22-23(11-15)30-24(29-22)16(2)28-25(32)17-7-9-31(10-8-17)14-18-13-27-21-6-4-19(26)12-20(18)21/h3-6,11-13,16-17,27H,7-10,14H2,1-2H3,(H,28,32)(H,29,30). The summed E-state index contributed by atoms with van der Waals surface area (Å²) in [6.45, 7) is 6.72. The van der Waals surface area contributed by atoms with Crippen molar-refractivity contribution in [1.82, 2.24) is 25.2 Å². The van der Waals surface area contributed by atoms with Crippen LogP contribution in [0.3, 0.4) is 0 Å². The molecule has 7 heteroatoms. The monoisotopic (exact) mass is 449 g/mol. The minimum Gasteiger partial charge on any atom is -0.361 e. The second kappa shape index (κ2) is 8.60. The van der Waals surface area contributed by atoms with Gasteiger partial charge in [-0.2, -0.15) is 0 Å². The number of nitrogens with one attached hydrogen (secondary N) is 3. The van der Waals surface area contributed by atoms with Crippen LogP contribution in [0.1, 0.15) is 42.8 Å². The predicted molar refractivity (Wildman–Crippen MR) is 129 cm³/mol. The molecule has 1 aliphatic heterocycles. The van der Waals surface area contributed by atoms with Crippen molar-refractivity contribution in [2.75, 3.05) is 13.1 Å². The fourth-order valence-corrected chi connectivity index (χ4v) is 4.80. The van der Waals surface area contributed by atoms with E-state index in [1.807, 2.05) is 31.2 Å². The van der Waals surface area contributed by atoms with Crippen LogP contribution >= 0.6 is 11.6 Å². The van der Waals surface area contributed by atoms with Gasteiger partial charge in [0.2, 0.25) is 5.91 Å². The summed E-state index contributed by atoms with van der Waals surface area (Å²) < 4.78 is 0. The number of halogens is 1. The van der Waals surface area contributed by atoms with E-state index in [-0.39, 0.29) is 17.9 Å². The summed E-state index contributed by atoms with van der Waals surface area (Å²) in [7, 11) is 0. The highest BCUT2D eigenvalue weighted by molar-refractivity contribution is 6.31. The predicted octanol–water partition coefficient (Wildman–Crippen LogP) is 5.10.